The van der Waals surface area contributed by atoms with Crippen LogP contribution in [0, 0.1) is 6.92 Å². The zero-order chi connectivity index (χ0) is 12.3. The van der Waals surface area contributed by atoms with Crippen molar-refractivity contribution in [2.24, 2.45) is 5.73 Å². The lowest BCUT2D eigenvalue weighted by molar-refractivity contribution is 0.100. The molecule has 0 spiro atoms. The number of benzene rings is 2. The number of carbonyl (C=O) groups excluding carboxylic acids is 1. The highest BCUT2D eigenvalue weighted by Crippen LogP contribution is 2.23. The van der Waals surface area contributed by atoms with E-state index in [1.165, 1.54) is 11.1 Å². The van der Waals surface area contributed by atoms with E-state index in [0.29, 0.717) is 5.56 Å². The molecule has 0 aliphatic carbocycles. The van der Waals surface area contributed by atoms with Crippen LogP contribution in [-0.4, -0.2) is 12.3 Å². The van der Waals surface area contributed by atoms with Gasteiger partial charge in [0.1, 0.15) is 0 Å². The van der Waals surface area contributed by atoms with Gasteiger partial charge in [-0.1, -0.05) is 48.5 Å². The van der Waals surface area contributed by atoms with Crippen LogP contribution in [0.3, 0.4) is 0 Å². The first kappa shape index (κ1) is 11.6. The summed E-state index contributed by atoms with van der Waals surface area (Å²) in [7, 11) is 0. The molecule has 2 aromatic rings. The first-order chi connectivity index (χ1) is 8.22. The van der Waals surface area contributed by atoms with E-state index in [4.69, 9.17) is 5.73 Å². The maximum atomic E-state index is 11.4. The molecule has 0 fully saturated rings. The van der Waals surface area contributed by atoms with Gasteiger partial charge in [-0.25, -0.2) is 0 Å². The standard InChI is InChI=1S/C15H15NO/c1-11-4-2-3-5-14(11)12-6-8-13(9-7-12)15(17)10-16/h2-9H,10,16H2,1H3. The molecule has 0 bridgehead atoms. The van der Waals surface area contributed by atoms with Crippen molar-refractivity contribution in [1.29, 1.82) is 0 Å². The molecular formula is C15H15NO. The molecule has 2 heteroatoms. The molecule has 0 aromatic heterocycles. The molecule has 0 heterocycles. The maximum absolute atomic E-state index is 11.4. The lowest BCUT2D eigenvalue weighted by Gasteiger charge is -2.06. The van der Waals surface area contributed by atoms with Crippen molar-refractivity contribution < 1.29 is 4.79 Å². The van der Waals surface area contributed by atoms with Crippen molar-refractivity contribution in [1.82, 2.24) is 0 Å². The van der Waals surface area contributed by atoms with Crippen molar-refractivity contribution in [2.45, 2.75) is 6.92 Å². The van der Waals surface area contributed by atoms with Gasteiger partial charge in [-0.3, -0.25) is 4.79 Å². The maximum Gasteiger partial charge on any atom is 0.176 e. The molecule has 0 saturated heterocycles. The van der Waals surface area contributed by atoms with Crippen LogP contribution in [0.4, 0.5) is 0 Å². The van der Waals surface area contributed by atoms with E-state index >= 15 is 0 Å². The molecule has 0 unspecified atom stereocenters. The van der Waals surface area contributed by atoms with Gasteiger partial charge in [0.05, 0.1) is 6.54 Å². The third-order valence-corrected chi connectivity index (χ3v) is 2.85. The number of Topliss-reactive ketones (excluding diaryl/α,β-unsaturated/α-hetero) is 1. The Labute approximate surface area is 101 Å². The van der Waals surface area contributed by atoms with Crippen LogP contribution in [-0.2, 0) is 0 Å². The second kappa shape index (κ2) is 4.93. The van der Waals surface area contributed by atoms with Crippen LogP contribution in [0.5, 0.6) is 0 Å². The van der Waals surface area contributed by atoms with Crippen LogP contribution >= 0.6 is 0 Å². The van der Waals surface area contributed by atoms with E-state index < -0.39 is 0 Å². The zero-order valence-electron chi connectivity index (χ0n) is 9.81. The first-order valence-corrected chi connectivity index (χ1v) is 5.61. The van der Waals surface area contributed by atoms with E-state index in [-0.39, 0.29) is 12.3 Å². The fourth-order valence-electron chi connectivity index (χ4n) is 1.85. The van der Waals surface area contributed by atoms with E-state index in [0.717, 1.165) is 5.56 Å². The predicted octanol–water partition coefficient (Wildman–Crippen LogP) is 2.80. The van der Waals surface area contributed by atoms with Crippen LogP contribution < -0.4 is 5.73 Å². The highest BCUT2D eigenvalue weighted by molar-refractivity contribution is 5.97. The highest BCUT2D eigenvalue weighted by Gasteiger charge is 2.04. The third-order valence-electron chi connectivity index (χ3n) is 2.85. The molecule has 0 aliphatic rings. The molecule has 2 aromatic carbocycles. The number of aryl methyl sites for hydroxylation is 1. The number of carbonyl (C=O) groups is 1. The highest BCUT2D eigenvalue weighted by atomic mass is 16.1. The minimum atomic E-state index is -0.0265. The summed E-state index contributed by atoms with van der Waals surface area (Å²) in [5.41, 5.74) is 9.54. The Morgan fingerprint density at radius 3 is 2.29 bits per heavy atom. The molecule has 2 N–H and O–H groups in total. The summed E-state index contributed by atoms with van der Waals surface area (Å²) in [4.78, 5) is 11.4. The fourth-order valence-corrected chi connectivity index (χ4v) is 1.85. The largest absolute Gasteiger partial charge is 0.324 e. The Balaban J connectivity index is 2.36. The average Bonchev–Trinajstić information content (AvgIpc) is 2.39. The van der Waals surface area contributed by atoms with Gasteiger partial charge in [0.2, 0.25) is 0 Å². The fraction of sp³-hybridized carbons (Fsp3) is 0.133. The van der Waals surface area contributed by atoms with Gasteiger partial charge in [-0.15, -0.1) is 0 Å². The minimum absolute atomic E-state index is 0.0265. The quantitative estimate of drug-likeness (QED) is 0.816. The second-order valence-electron chi connectivity index (χ2n) is 4.02. The van der Waals surface area contributed by atoms with Crippen LogP contribution in [0.15, 0.2) is 48.5 Å². The molecular weight excluding hydrogens is 210 g/mol. The van der Waals surface area contributed by atoms with Crippen molar-refractivity contribution in [3.8, 4) is 11.1 Å². The van der Waals surface area contributed by atoms with Gasteiger partial charge in [-0.2, -0.15) is 0 Å². The van der Waals surface area contributed by atoms with Gasteiger partial charge >= 0.3 is 0 Å². The smallest absolute Gasteiger partial charge is 0.176 e. The summed E-state index contributed by atoms with van der Waals surface area (Å²) >= 11 is 0. The van der Waals surface area contributed by atoms with Crippen molar-refractivity contribution in [3.05, 3.63) is 59.7 Å². The molecule has 0 saturated carbocycles. The van der Waals surface area contributed by atoms with Gasteiger partial charge in [0, 0.05) is 5.56 Å². The lowest BCUT2D eigenvalue weighted by Crippen LogP contribution is -2.13. The van der Waals surface area contributed by atoms with Gasteiger partial charge in [0.25, 0.3) is 0 Å². The molecule has 17 heavy (non-hydrogen) atoms. The molecule has 0 amide bonds. The second-order valence-corrected chi connectivity index (χ2v) is 4.02. The van der Waals surface area contributed by atoms with Crippen molar-refractivity contribution in [2.75, 3.05) is 6.54 Å². The third kappa shape index (κ3) is 2.43. The molecule has 0 aliphatic heterocycles. The molecule has 0 radical (unpaired) electrons. The Morgan fingerprint density at radius 1 is 1.06 bits per heavy atom. The predicted molar refractivity (Wildman–Crippen MR) is 70.0 cm³/mol. The molecule has 2 nitrogen and oxygen atoms in total. The number of nitrogens with two attached hydrogens (primary N) is 1. The Hall–Kier alpha value is -1.93. The van der Waals surface area contributed by atoms with Gasteiger partial charge < -0.3 is 5.73 Å². The lowest BCUT2D eigenvalue weighted by atomic mass is 9.99. The topological polar surface area (TPSA) is 43.1 Å². The van der Waals surface area contributed by atoms with Crippen molar-refractivity contribution in [3.63, 3.8) is 0 Å². The SMILES string of the molecule is Cc1ccccc1-c1ccc(C(=O)CN)cc1. The van der Waals surface area contributed by atoms with Gasteiger partial charge in [-0.05, 0) is 23.6 Å². The summed E-state index contributed by atoms with van der Waals surface area (Å²) in [5.74, 6) is -0.0265. The summed E-state index contributed by atoms with van der Waals surface area (Å²) in [6, 6.07) is 15.8. The average molecular weight is 225 g/mol. The van der Waals surface area contributed by atoms with E-state index in [9.17, 15) is 4.79 Å². The summed E-state index contributed by atoms with van der Waals surface area (Å²) in [5, 5.41) is 0. The number of hydrogen-bond acceptors (Lipinski definition) is 2. The van der Waals surface area contributed by atoms with E-state index in [2.05, 4.69) is 19.1 Å². The summed E-state index contributed by atoms with van der Waals surface area (Å²) in [6.07, 6.45) is 0. The van der Waals surface area contributed by atoms with Crippen LogP contribution in [0.2, 0.25) is 0 Å². The minimum Gasteiger partial charge on any atom is -0.324 e. The first-order valence-electron chi connectivity index (χ1n) is 5.61. The number of ketones is 1. The molecule has 86 valence electrons. The Bertz CT molecular complexity index is 529. The number of hydrogen-bond donors (Lipinski definition) is 1. The summed E-state index contributed by atoms with van der Waals surface area (Å²) in [6.45, 7) is 2.14. The van der Waals surface area contributed by atoms with E-state index in [1.807, 2.05) is 36.4 Å². The van der Waals surface area contributed by atoms with Crippen molar-refractivity contribution >= 4 is 5.78 Å². The van der Waals surface area contributed by atoms with Crippen LogP contribution in [0.25, 0.3) is 11.1 Å². The Kier molecular flexibility index (Phi) is 3.35. The Morgan fingerprint density at radius 2 is 1.71 bits per heavy atom. The molecule has 0 atom stereocenters. The number of rotatable bonds is 3. The zero-order valence-corrected chi connectivity index (χ0v) is 9.81. The van der Waals surface area contributed by atoms with Crippen LogP contribution in [0.1, 0.15) is 15.9 Å². The molecule has 2 rings (SSSR count). The summed E-state index contributed by atoms with van der Waals surface area (Å²) < 4.78 is 0. The van der Waals surface area contributed by atoms with E-state index in [1.54, 1.807) is 0 Å². The normalized spacial score (nSPS) is 10.2. The van der Waals surface area contributed by atoms with Gasteiger partial charge in [0.15, 0.2) is 5.78 Å². The monoisotopic (exact) mass is 225 g/mol.